The molecule has 0 saturated heterocycles. The Bertz CT molecular complexity index is 428. The van der Waals surface area contributed by atoms with Crippen LogP contribution in [0.15, 0.2) is 40.9 Å². The molecule has 1 aromatic rings. The molecule has 1 aliphatic rings. The fourth-order valence-electron chi connectivity index (χ4n) is 1.60. The van der Waals surface area contributed by atoms with Crippen molar-refractivity contribution in [3.63, 3.8) is 0 Å². The number of benzene rings is 1. The summed E-state index contributed by atoms with van der Waals surface area (Å²) in [5.74, 6) is -0.392. The molecule has 0 saturated carbocycles. The first-order valence-electron chi connectivity index (χ1n) is 4.97. The Balaban J connectivity index is 2.03. The standard InChI is InChI=1S/C12H11BrO3/c13-9-4-2-1-3-8(9)7-10(14)11-5-6-12(15)16-11/h1-6,10-11,14H,7H2/t10-,11-/m1/s1. The number of aliphatic hydroxyl groups excluding tert-OH is 1. The van der Waals surface area contributed by atoms with E-state index in [-0.39, 0.29) is 0 Å². The quantitative estimate of drug-likeness (QED) is 0.861. The molecule has 0 fully saturated rings. The number of cyclic esters (lactones) is 1. The van der Waals surface area contributed by atoms with Gasteiger partial charge in [0.25, 0.3) is 0 Å². The van der Waals surface area contributed by atoms with Gasteiger partial charge in [0.05, 0.1) is 6.10 Å². The molecule has 0 radical (unpaired) electrons. The van der Waals surface area contributed by atoms with E-state index in [1.807, 2.05) is 24.3 Å². The van der Waals surface area contributed by atoms with Crippen molar-refractivity contribution in [2.45, 2.75) is 18.6 Å². The summed E-state index contributed by atoms with van der Waals surface area (Å²) in [7, 11) is 0. The molecule has 2 atom stereocenters. The van der Waals surface area contributed by atoms with Gasteiger partial charge in [-0.25, -0.2) is 4.79 Å². The van der Waals surface area contributed by atoms with E-state index in [0.29, 0.717) is 6.42 Å². The minimum atomic E-state index is -0.707. The highest BCUT2D eigenvalue weighted by Gasteiger charge is 2.25. The molecule has 1 aromatic carbocycles. The van der Waals surface area contributed by atoms with Crippen LogP contribution in [-0.4, -0.2) is 23.3 Å². The van der Waals surface area contributed by atoms with Gasteiger partial charge in [0.2, 0.25) is 0 Å². The van der Waals surface area contributed by atoms with Crippen LogP contribution < -0.4 is 0 Å². The monoisotopic (exact) mass is 282 g/mol. The highest BCUT2D eigenvalue weighted by Crippen LogP contribution is 2.20. The van der Waals surface area contributed by atoms with Crippen molar-refractivity contribution >= 4 is 21.9 Å². The SMILES string of the molecule is O=C1C=C[C@H]([C@H](O)Cc2ccccc2Br)O1. The van der Waals surface area contributed by atoms with Crippen LogP contribution in [0.4, 0.5) is 0 Å². The molecule has 2 rings (SSSR count). The van der Waals surface area contributed by atoms with Gasteiger partial charge in [-0.15, -0.1) is 0 Å². The summed E-state index contributed by atoms with van der Waals surface area (Å²) in [6.45, 7) is 0. The Morgan fingerprint density at radius 3 is 2.81 bits per heavy atom. The molecule has 0 unspecified atom stereocenters. The second-order valence-corrected chi connectivity index (χ2v) is 4.48. The largest absolute Gasteiger partial charge is 0.452 e. The van der Waals surface area contributed by atoms with Crippen LogP contribution in [0.1, 0.15) is 5.56 Å². The summed E-state index contributed by atoms with van der Waals surface area (Å²) in [6.07, 6.45) is 2.14. The lowest BCUT2D eigenvalue weighted by atomic mass is 10.0. The van der Waals surface area contributed by atoms with Crippen molar-refractivity contribution in [1.29, 1.82) is 0 Å². The van der Waals surface area contributed by atoms with Gasteiger partial charge in [-0.3, -0.25) is 0 Å². The third-order valence-electron chi connectivity index (χ3n) is 2.44. The van der Waals surface area contributed by atoms with Crippen LogP contribution >= 0.6 is 15.9 Å². The van der Waals surface area contributed by atoms with E-state index >= 15 is 0 Å². The minimum absolute atomic E-state index is 0.392. The zero-order chi connectivity index (χ0) is 11.5. The number of carbonyl (C=O) groups excluding carboxylic acids is 1. The molecule has 1 N–H and O–H groups in total. The van der Waals surface area contributed by atoms with Gasteiger partial charge in [0, 0.05) is 17.0 Å². The molecule has 1 aliphatic heterocycles. The van der Waals surface area contributed by atoms with Crippen LogP contribution in [0.5, 0.6) is 0 Å². The van der Waals surface area contributed by atoms with Crippen molar-refractivity contribution in [1.82, 2.24) is 0 Å². The first kappa shape index (κ1) is 11.4. The average Bonchev–Trinajstić information content (AvgIpc) is 2.68. The molecule has 84 valence electrons. The number of carbonyl (C=O) groups is 1. The zero-order valence-corrected chi connectivity index (χ0v) is 10.1. The Morgan fingerprint density at radius 2 is 2.19 bits per heavy atom. The van der Waals surface area contributed by atoms with Crippen molar-refractivity contribution in [3.8, 4) is 0 Å². The lowest BCUT2D eigenvalue weighted by molar-refractivity contribution is -0.142. The van der Waals surface area contributed by atoms with Crippen LogP contribution in [0.3, 0.4) is 0 Å². The van der Waals surface area contributed by atoms with E-state index in [0.717, 1.165) is 10.0 Å². The number of ether oxygens (including phenoxy) is 1. The van der Waals surface area contributed by atoms with Crippen molar-refractivity contribution in [3.05, 3.63) is 46.5 Å². The molecule has 0 bridgehead atoms. The number of hydrogen-bond donors (Lipinski definition) is 1. The van der Waals surface area contributed by atoms with E-state index < -0.39 is 18.2 Å². The highest BCUT2D eigenvalue weighted by molar-refractivity contribution is 9.10. The van der Waals surface area contributed by atoms with Crippen molar-refractivity contribution in [2.24, 2.45) is 0 Å². The lowest BCUT2D eigenvalue weighted by Crippen LogP contribution is -2.27. The van der Waals surface area contributed by atoms with E-state index in [1.54, 1.807) is 6.08 Å². The molecule has 0 spiro atoms. The molecular weight excluding hydrogens is 272 g/mol. The predicted molar refractivity (Wildman–Crippen MR) is 62.9 cm³/mol. The van der Waals surface area contributed by atoms with E-state index in [1.165, 1.54) is 6.08 Å². The average molecular weight is 283 g/mol. The molecule has 1 heterocycles. The Morgan fingerprint density at radius 1 is 1.44 bits per heavy atom. The smallest absolute Gasteiger partial charge is 0.331 e. The maximum absolute atomic E-state index is 10.8. The van der Waals surface area contributed by atoms with Gasteiger partial charge < -0.3 is 9.84 Å². The van der Waals surface area contributed by atoms with Crippen molar-refractivity contribution < 1.29 is 14.6 Å². The summed E-state index contributed by atoms with van der Waals surface area (Å²) >= 11 is 3.41. The number of aliphatic hydroxyl groups is 1. The van der Waals surface area contributed by atoms with E-state index in [9.17, 15) is 9.90 Å². The summed E-state index contributed by atoms with van der Waals surface area (Å²) in [6, 6.07) is 7.66. The first-order chi connectivity index (χ1) is 7.66. The number of esters is 1. The fourth-order valence-corrected chi connectivity index (χ4v) is 2.04. The normalized spacial score (nSPS) is 20.9. The van der Waals surface area contributed by atoms with Crippen LogP contribution in [0.25, 0.3) is 0 Å². The molecule has 0 amide bonds. The van der Waals surface area contributed by atoms with Gasteiger partial charge in [0.15, 0.2) is 0 Å². The summed E-state index contributed by atoms with van der Waals surface area (Å²) < 4.78 is 5.87. The van der Waals surface area contributed by atoms with Crippen molar-refractivity contribution in [2.75, 3.05) is 0 Å². The molecule has 16 heavy (non-hydrogen) atoms. The number of hydrogen-bond acceptors (Lipinski definition) is 3. The van der Waals surface area contributed by atoms with Gasteiger partial charge in [-0.2, -0.15) is 0 Å². The first-order valence-corrected chi connectivity index (χ1v) is 5.76. The van der Waals surface area contributed by atoms with Gasteiger partial charge in [0.1, 0.15) is 6.10 Å². The second-order valence-electron chi connectivity index (χ2n) is 3.62. The zero-order valence-electron chi connectivity index (χ0n) is 8.47. The van der Waals surface area contributed by atoms with Crippen LogP contribution in [0.2, 0.25) is 0 Å². The Labute approximate surface area is 102 Å². The summed E-state index contributed by atoms with van der Waals surface area (Å²) in [5, 5.41) is 9.90. The minimum Gasteiger partial charge on any atom is -0.452 e. The van der Waals surface area contributed by atoms with Gasteiger partial charge >= 0.3 is 5.97 Å². The van der Waals surface area contributed by atoms with Gasteiger partial charge in [-0.1, -0.05) is 34.1 Å². The summed E-state index contributed by atoms with van der Waals surface area (Å²) in [5.41, 5.74) is 0.992. The second kappa shape index (κ2) is 4.80. The van der Waals surface area contributed by atoms with E-state index in [4.69, 9.17) is 4.74 Å². The number of rotatable bonds is 3. The number of halogens is 1. The fraction of sp³-hybridized carbons (Fsp3) is 0.250. The third-order valence-corrected chi connectivity index (χ3v) is 3.21. The predicted octanol–water partition coefficient (Wildman–Crippen LogP) is 1.83. The Hall–Kier alpha value is -1.13. The van der Waals surface area contributed by atoms with Crippen LogP contribution in [-0.2, 0) is 16.0 Å². The highest BCUT2D eigenvalue weighted by atomic mass is 79.9. The molecular formula is C12H11BrO3. The molecule has 0 aromatic heterocycles. The lowest BCUT2D eigenvalue weighted by Gasteiger charge is -2.16. The molecule has 3 nitrogen and oxygen atoms in total. The maximum atomic E-state index is 10.8. The molecule has 4 heteroatoms. The maximum Gasteiger partial charge on any atom is 0.331 e. The van der Waals surface area contributed by atoms with Gasteiger partial charge in [-0.05, 0) is 17.7 Å². The molecule has 0 aliphatic carbocycles. The van der Waals surface area contributed by atoms with E-state index in [2.05, 4.69) is 15.9 Å². The topological polar surface area (TPSA) is 46.5 Å². The van der Waals surface area contributed by atoms with Crippen LogP contribution in [0, 0.1) is 0 Å². The third kappa shape index (κ3) is 2.51. The summed E-state index contributed by atoms with van der Waals surface area (Å²) in [4.78, 5) is 10.8. The Kier molecular flexibility index (Phi) is 3.41.